The summed E-state index contributed by atoms with van der Waals surface area (Å²) in [5, 5.41) is 0.487. The van der Waals surface area contributed by atoms with E-state index in [-0.39, 0.29) is 11.3 Å². The van der Waals surface area contributed by atoms with Crippen LogP contribution < -0.4 is 10.2 Å². The van der Waals surface area contributed by atoms with Crippen LogP contribution in [0.15, 0.2) is 62.2 Å². The zero-order valence-electron chi connectivity index (χ0n) is 11.7. The Morgan fingerprint density at radius 3 is 2.68 bits per heavy atom. The van der Waals surface area contributed by atoms with Crippen molar-refractivity contribution in [1.29, 1.82) is 0 Å². The van der Waals surface area contributed by atoms with E-state index in [4.69, 9.17) is 13.6 Å². The molecule has 0 radical (unpaired) electrons. The third-order valence-electron chi connectivity index (χ3n) is 3.44. The summed E-state index contributed by atoms with van der Waals surface area (Å²) >= 11 is 0. The van der Waals surface area contributed by atoms with Crippen molar-refractivity contribution in [3.8, 4) is 17.4 Å². The fourth-order valence-corrected chi connectivity index (χ4v) is 2.35. The van der Waals surface area contributed by atoms with Gasteiger partial charge in [0.2, 0.25) is 0 Å². The van der Waals surface area contributed by atoms with E-state index in [9.17, 15) is 4.79 Å². The second-order valence-electron chi connectivity index (χ2n) is 4.82. The number of benzene rings is 2. The smallest absolute Gasteiger partial charge is 0.264 e. The molecule has 0 aliphatic heterocycles. The molecule has 4 rings (SSSR count). The van der Waals surface area contributed by atoms with E-state index < -0.39 is 0 Å². The van der Waals surface area contributed by atoms with Gasteiger partial charge in [-0.25, -0.2) is 4.98 Å². The molecule has 0 unspecified atom stereocenters. The minimum absolute atomic E-state index is 0.152. The van der Waals surface area contributed by atoms with Crippen molar-refractivity contribution in [2.45, 2.75) is 0 Å². The molecule has 0 saturated carbocycles. The number of nitrogens with zero attached hydrogens (tertiary/aromatic N) is 1. The molecule has 108 valence electrons. The number of aromatic nitrogens is 1. The summed E-state index contributed by atoms with van der Waals surface area (Å²) in [6, 6.07) is 13.8. The van der Waals surface area contributed by atoms with Crippen molar-refractivity contribution in [3.05, 3.63) is 58.8 Å². The largest absolute Gasteiger partial charge is 0.497 e. The minimum atomic E-state index is -0.152. The van der Waals surface area contributed by atoms with Crippen LogP contribution >= 0.6 is 0 Å². The average molecular weight is 293 g/mol. The lowest BCUT2D eigenvalue weighted by Crippen LogP contribution is -2.00. The molecule has 0 spiro atoms. The summed E-state index contributed by atoms with van der Waals surface area (Å²) in [5.41, 5.74) is 1.64. The zero-order valence-corrected chi connectivity index (χ0v) is 11.7. The van der Waals surface area contributed by atoms with Crippen LogP contribution in [0.5, 0.6) is 5.75 Å². The van der Waals surface area contributed by atoms with Crippen molar-refractivity contribution >= 4 is 22.1 Å². The molecular formula is C17H11NO4. The highest BCUT2D eigenvalue weighted by Gasteiger charge is 2.13. The Balaban J connectivity index is 1.96. The first-order chi connectivity index (χ1) is 10.7. The second kappa shape index (κ2) is 4.73. The van der Waals surface area contributed by atoms with Crippen LogP contribution in [0.1, 0.15) is 0 Å². The monoisotopic (exact) mass is 293 g/mol. The maximum Gasteiger partial charge on any atom is 0.264 e. The number of fused-ring (bicyclic) bond motifs is 2. The molecule has 2 heterocycles. The fraction of sp³-hybridized carbons (Fsp3) is 0.0588. The number of rotatable bonds is 2. The van der Waals surface area contributed by atoms with Crippen LogP contribution in [0.2, 0.25) is 0 Å². The van der Waals surface area contributed by atoms with Gasteiger partial charge in [0.25, 0.3) is 5.89 Å². The van der Waals surface area contributed by atoms with E-state index in [0.29, 0.717) is 33.6 Å². The van der Waals surface area contributed by atoms with Crippen molar-refractivity contribution in [2.75, 3.05) is 7.11 Å². The van der Waals surface area contributed by atoms with Crippen LogP contribution in [0, 0.1) is 0 Å². The highest BCUT2D eigenvalue weighted by atomic mass is 16.5. The summed E-state index contributed by atoms with van der Waals surface area (Å²) in [7, 11) is 1.56. The lowest BCUT2D eigenvalue weighted by Gasteiger charge is -2.02. The van der Waals surface area contributed by atoms with Crippen LogP contribution in [-0.2, 0) is 0 Å². The number of hydrogen-bond acceptors (Lipinski definition) is 5. The molecule has 0 bridgehead atoms. The van der Waals surface area contributed by atoms with E-state index in [1.165, 1.54) is 6.07 Å². The molecule has 4 aromatic rings. The van der Waals surface area contributed by atoms with Gasteiger partial charge in [0.05, 0.1) is 12.5 Å². The lowest BCUT2D eigenvalue weighted by molar-refractivity contribution is 0.414. The number of ether oxygens (including phenoxy) is 1. The molecule has 0 atom stereocenters. The van der Waals surface area contributed by atoms with Gasteiger partial charge < -0.3 is 13.6 Å². The van der Waals surface area contributed by atoms with Crippen molar-refractivity contribution in [3.63, 3.8) is 0 Å². The molecule has 0 aliphatic rings. The van der Waals surface area contributed by atoms with Crippen LogP contribution in [0.25, 0.3) is 33.7 Å². The maximum absolute atomic E-state index is 12.2. The van der Waals surface area contributed by atoms with Crippen molar-refractivity contribution < 1.29 is 13.6 Å². The van der Waals surface area contributed by atoms with Gasteiger partial charge in [0.15, 0.2) is 16.8 Å². The topological polar surface area (TPSA) is 65.5 Å². The molecule has 2 aromatic carbocycles. The normalized spacial score (nSPS) is 11.1. The van der Waals surface area contributed by atoms with E-state index in [0.717, 1.165) is 0 Å². The summed E-state index contributed by atoms with van der Waals surface area (Å²) in [4.78, 5) is 16.6. The molecule has 5 nitrogen and oxygen atoms in total. The Bertz CT molecular complexity index is 1010. The summed E-state index contributed by atoms with van der Waals surface area (Å²) in [6.07, 6.45) is 0. The first kappa shape index (κ1) is 12.6. The minimum Gasteiger partial charge on any atom is -0.497 e. The standard InChI is InChI=1S/C17H11NO4/c1-20-10-6-7-11-13(19)9-16(21-15(11)8-10)17-18-12-4-2-3-5-14(12)22-17/h2-9H,1H3. The van der Waals surface area contributed by atoms with Gasteiger partial charge >= 0.3 is 0 Å². The van der Waals surface area contributed by atoms with Gasteiger partial charge in [-0.1, -0.05) is 12.1 Å². The molecule has 5 heteroatoms. The summed E-state index contributed by atoms with van der Waals surface area (Å²) in [6.45, 7) is 0. The molecule has 0 saturated heterocycles. The van der Waals surface area contributed by atoms with Crippen LogP contribution in [0.4, 0.5) is 0 Å². The number of para-hydroxylation sites is 2. The molecule has 0 aliphatic carbocycles. The molecule has 0 N–H and O–H groups in total. The highest BCUT2D eigenvalue weighted by molar-refractivity contribution is 5.80. The first-order valence-corrected chi connectivity index (χ1v) is 6.72. The van der Waals surface area contributed by atoms with Gasteiger partial charge in [-0.15, -0.1) is 0 Å². The van der Waals surface area contributed by atoms with Gasteiger partial charge in [-0.2, -0.15) is 0 Å². The zero-order chi connectivity index (χ0) is 15.1. The Kier molecular flexibility index (Phi) is 2.72. The molecule has 2 aromatic heterocycles. The Morgan fingerprint density at radius 1 is 1.00 bits per heavy atom. The van der Waals surface area contributed by atoms with E-state index >= 15 is 0 Å². The molecule has 0 amide bonds. The lowest BCUT2D eigenvalue weighted by atomic mass is 10.2. The van der Waals surface area contributed by atoms with Gasteiger partial charge in [0, 0.05) is 12.1 Å². The third kappa shape index (κ3) is 1.95. The van der Waals surface area contributed by atoms with Crippen molar-refractivity contribution in [2.24, 2.45) is 0 Å². The quantitative estimate of drug-likeness (QED) is 0.565. The number of oxazole rings is 1. The van der Waals surface area contributed by atoms with E-state index in [2.05, 4.69) is 4.98 Å². The third-order valence-corrected chi connectivity index (χ3v) is 3.44. The molecule has 22 heavy (non-hydrogen) atoms. The molecule has 0 fully saturated rings. The fourth-order valence-electron chi connectivity index (χ4n) is 2.35. The number of hydrogen-bond donors (Lipinski definition) is 0. The number of methoxy groups -OCH3 is 1. The van der Waals surface area contributed by atoms with Crippen LogP contribution in [0.3, 0.4) is 0 Å². The van der Waals surface area contributed by atoms with Crippen molar-refractivity contribution in [1.82, 2.24) is 4.98 Å². The summed E-state index contributed by atoms with van der Waals surface area (Å²) in [5.74, 6) is 1.19. The highest BCUT2D eigenvalue weighted by Crippen LogP contribution is 2.26. The predicted molar refractivity (Wildman–Crippen MR) is 82.0 cm³/mol. The Labute approximate surface area is 124 Å². The SMILES string of the molecule is COc1ccc2c(=O)cc(-c3nc4ccccc4o3)oc2c1. The van der Waals surface area contributed by atoms with E-state index in [1.54, 1.807) is 25.3 Å². The Hall–Kier alpha value is -3.08. The van der Waals surface area contributed by atoms with Crippen LogP contribution in [-0.4, -0.2) is 12.1 Å². The predicted octanol–water partition coefficient (Wildman–Crippen LogP) is 3.61. The maximum atomic E-state index is 12.2. The van der Waals surface area contributed by atoms with Gasteiger partial charge in [-0.05, 0) is 24.3 Å². The van der Waals surface area contributed by atoms with Gasteiger partial charge in [-0.3, -0.25) is 4.79 Å². The first-order valence-electron chi connectivity index (χ1n) is 6.72. The summed E-state index contributed by atoms with van der Waals surface area (Å²) < 4.78 is 16.6. The van der Waals surface area contributed by atoms with E-state index in [1.807, 2.05) is 24.3 Å². The Morgan fingerprint density at radius 2 is 1.86 bits per heavy atom. The average Bonchev–Trinajstić information content (AvgIpc) is 2.98. The second-order valence-corrected chi connectivity index (χ2v) is 4.82. The van der Waals surface area contributed by atoms with Gasteiger partial charge in [0.1, 0.15) is 16.8 Å². The molecular weight excluding hydrogens is 282 g/mol.